The SMILES string of the molecule is CCOC(=O)C1=C(CN(C)CCOc2ccccc2)NC(=O)N[C@@H]1c1ccco1. The fourth-order valence-electron chi connectivity index (χ4n) is 3.05. The summed E-state index contributed by atoms with van der Waals surface area (Å²) in [7, 11) is 1.89. The van der Waals surface area contributed by atoms with E-state index in [1.165, 1.54) is 6.26 Å². The summed E-state index contributed by atoms with van der Waals surface area (Å²) in [5, 5.41) is 5.47. The van der Waals surface area contributed by atoms with Crippen LogP contribution in [-0.4, -0.2) is 50.3 Å². The number of likely N-dealkylation sites (N-methyl/N-ethyl adjacent to an activating group) is 1. The predicted octanol–water partition coefficient (Wildman–Crippen LogP) is 2.46. The maximum Gasteiger partial charge on any atom is 0.338 e. The molecule has 2 aromatic rings. The van der Waals surface area contributed by atoms with Crippen LogP contribution in [0.3, 0.4) is 0 Å². The van der Waals surface area contributed by atoms with E-state index in [0.29, 0.717) is 36.7 Å². The van der Waals surface area contributed by atoms with Gasteiger partial charge < -0.3 is 24.5 Å². The standard InChI is InChI=1S/C21H25N3O5/c1-3-27-20(25)18-16(22-21(26)23-19(18)17-10-7-12-29-17)14-24(2)11-13-28-15-8-5-4-6-9-15/h4-10,12,19H,3,11,13-14H2,1-2H3,(H2,22,23,26)/t19-/m1/s1. The van der Waals surface area contributed by atoms with Gasteiger partial charge in [-0.25, -0.2) is 9.59 Å². The van der Waals surface area contributed by atoms with Gasteiger partial charge in [-0.1, -0.05) is 18.2 Å². The number of furan rings is 1. The minimum atomic E-state index is -0.707. The fraction of sp³-hybridized carbons (Fsp3) is 0.333. The molecule has 1 aromatic heterocycles. The molecule has 0 fully saturated rings. The number of carbonyl (C=O) groups excluding carboxylic acids is 2. The maximum atomic E-state index is 12.6. The van der Waals surface area contributed by atoms with Crippen molar-refractivity contribution in [2.45, 2.75) is 13.0 Å². The van der Waals surface area contributed by atoms with Crippen LogP contribution in [0.25, 0.3) is 0 Å². The Labute approximate surface area is 169 Å². The van der Waals surface area contributed by atoms with Crippen molar-refractivity contribution in [3.63, 3.8) is 0 Å². The highest BCUT2D eigenvalue weighted by atomic mass is 16.5. The molecule has 0 saturated carbocycles. The average Bonchev–Trinajstić information content (AvgIpc) is 3.23. The van der Waals surface area contributed by atoms with Gasteiger partial charge in [0.05, 0.1) is 18.4 Å². The zero-order chi connectivity index (χ0) is 20.6. The van der Waals surface area contributed by atoms with Crippen molar-refractivity contribution in [2.24, 2.45) is 0 Å². The van der Waals surface area contributed by atoms with Gasteiger partial charge in [-0.05, 0) is 38.2 Å². The van der Waals surface area contributed by atoms with Gasteiger partial charge in [0.1, 0.15) is 24.2 Å². The number of hydrogen-bond acceptors (Lipinski definition) is 6. The molecule has 8 nitrogen and oxygen atoms in total. The second-order valence-electron chi connectivity index (χ2n) is 6.56. The van der Waals surface area contributed by atoms with Gasteiger partial charge in [0.25, 0.3) is 0 Å². The van der Waals surface area contributed by atoms with Gasteiger partial charge >= 0.3 is 12.0 Å². The minimum absolute atomic E-state index is 0.231. The van der Waals surface area contributed by atoms with Gasteiger partial charge in [-0.3, -0.25) is 4.90 Å². The highest BCUT2D eigenvalue weighted by Gasteiger charge is 2.35. The molecule has 1 atom stereocenters. The zero-order valence-corrected chi connectivity index (χ0v) is 16.5. The van der Waals surface area contributed by atoms with Crippen molar-refractivity contribution in [1.29, 1.82) is 0 Å². The van der Waals surface area contributed by atoms with Gasteiger partial charge in [-0.15, -0.1) is 0 Å². The molecule has 1 aliphatic rings. The van der Waals surface area contributed by atoms with Crippen LogP contribution in [0.2, 0.25) is 0 Å². The molecule has 0 aliphatic carbocycles. The largest absolute Gasteiger partial charge is 0.492 e. The molecule has 0 saturated heterocycles. The van der Waals surface area contributed by atoms with Gasteiger partial charge in [0.2, 0.25) is 0 Å². The molecule has 0 radical (unpaired) electrons. The lowest BCUT2D eigenvalue weighted by Crippen LogP contribution is -2.48. The molecular formula is C21H25N3O5. The summed E-state index contributed by atoms with van der Waals surface area (Å²) in [4.78, 5) is 26.8. The first kappa shape index (κ1) is 20.5. The summed E-state index contributed by atoms with van der Waals surface area (Å²) < 4.78 is 16.4. The van der Waals surface area contributed by atoms with Crippen molar-refractivity contribution in [3.05, 3.63) is 65.8 Å². The van der Waals surface area contributed by atoms with E-state index in [9.17, 15) is 9.59 Å². The molecule has 2 heterocycles. The van der Waals surface area contributed by atoms with Crippen LogP contribution in [0, 0.1) is 0 Å². The number of rotatable bonds is 9. The number of ether oxygens (including phenoxy) is 2. The van der Waals surface area contributed by atoms with Crippen LogP contribution in [0.15, 0.2) is 64.4 Å². The molecule has 0 spiro atoms. The van der Waals surface area contributed by atoms with E-state index in [1.807, 2.05) is 42.3 Å². The van der Waals surface area contributed by atoms with Crippen molar-refractivity contribution in [1.82, 2.24) is 15.5 Å². The van der Waals surface area contributed by atoms with Crippen LogP contribution in [0.4, 0.5) is 4.79 Å². The van der Waals surface area contributed by atoms with Crippen molar-refractivity contribution >= 4 is 12.0 Å². The average molecular weight is 399 g/mol. The zero-order valence-electron chi connectivity index (χ0n) is 16.5. The topological polar surface area (TPSA) is 93.0 Å². The van der Waals surface area contributed by atoms with Crippen LogP contribution < -0.4 is 15.4 Å². The Morgan fingerprint density at radius 3 is 2.69 bits per heavy atom. The van der Waals surface area contributed by atoms with E-state index in [4.69, 9.17) is 13.9 Å². The number of hydrogen-bond donors (Lipinski definition) is 2. The summed E-state index contributed by atoms with van der Waals surface area (Å²) in [6, 6.07) is 11.8. The van der Waals surface area contributed by atoms with E-state index in [2.05, 4.69) is 10.6 Å². The van der Waals surface area contributed by atoms with Gasteiger partial charge in [0, 0.05) is 18.8 Å². The molecule has 1 aliphatic heterocycles. The summed E-state index contributed by atoms with van der Waals surface area (Å²) in [5.74, 6) is 0.765. The predicted molar refractivity (Wildman–Crippen MR) is 106 cm³/mol. The van der Waals surface area contributed by atoms with E-state index < -0.39 is 18.0 Å². The normalized spacial score (nSPS) is 16.4. The third-order valence-corrected chi connectivity index (χ3v) is 4.39. The van der Waals surface area contributed by atoms with E-state index in [-0.39, 0.29) is 6.61 Å². The Hall–Kier alpha value is -3.26. The molecule has 0 bridgehead atoms. The highest BCUT2D eigenvalue weighted by Crippen LogP contribution is 2.28. The quantitative estimate of drug-likeness (QED) is 0.629. The first-order valence-electron chi connectivity index (χ1n) is 9.46. The van der Waals surface area contributed by atoms with Crippen LogP contribution in [0.5, 0.6) is 5.75 Å². The van der Waals surface area contributed by atoms with Gasteiger partial charge in [0.15, 0.2) is 0 Å². The maximum absolute atomic E-state index is 12.6. The Kier molecular flexibility index (Phi) is 6.91. The number of benzene rings is 1. The number of urea groups is 1. The monoisotopic (exact) mass is 399 g/mol. The van der Waals surface area contributed by atoms with Crippen LogP contribution in [-0.2, 0) is 9.53 Å². The number of carbonyl (C=O) groups is 2. The van der Waals surface area contributed by atoms with Crippen LogP contribution >= 0.6 is 0 Å². The summed E-state index contributed by atoms with van der Waals surface area (Å²) >= 11 is 0. The van der Waals surface area contributed by atoms with E-state index in [0.717, 1.165) is 5.75 Å². The van der Waals surface area contributed by atoms with Crippen molar-refractivity contribution in [2.75, 3.05) is 33.4 Å². The molecule has 154 valence electrons. The van der Waals surface area contributed by atoms with E-state index in [1.54, 1.807) is 19.1 Å². The Bertz CT molecular complexity index is 848. The molecule has 3 rings (SSSR count). The molecular weight excluding hydrogens is 374 g/mol. The number of esters is 1. The number of amides is 2. The molecule has 2 amide bonds. The molecule has 0 unspecified atom stereocenters. The van der Waals surface area contributed by atoms with E-state index >= 15 is 0 Å². The van der Waals surface area contributed by atoms with Crippen molar-refractivity contribution < 1.29 is 23.5 Å². The summed E-state index contributed by atoms with van der Waals surface area (Å²) in [6.45, 7) is 3.38. The minimum Gasteiger partial charge on any atom is -0.492 e. The Morgan fingerprint density at radius 1 is 1.21 bits per heavy atom. The number of nitrogens with zero attached hydrogens (tertiary/aromatic N) is 1. The second-order valence-corrected chi connectivity index (χ2v) is 6.56. The summed E-state index contributed by atoms with van der Waals surface area (Å²) in [6.07, 6.45) is 1.50. The Balaban J connectivity index is 1.73. The highest BCUT2D eigenvalue weighted by molar-refractivity contribution is 5.95. The third kappa shape index (κ3) is 5.39. The fourth-order valence-corrected chi connectivity index (χ4v) is 3.05. The summed E-state index contributed by atoms with van der Waals surface area (Å²) in [5.41, 5.74) is 0.813. The lowest BCUT2D eigenvalue weighted by atomic mass is 10.00. The first-order valence-corrected chi connectivity index (χ1v) is 9.46. The molecule has 1 aromatic carbocycles. The molecule has 29 heavy (non-hydrogen) atoms. The van der Waals surface area contributed by atoms with Crippen molar-refractivity contribution in [3.8, 4) is 5.75 Å². The third-order valence-electron chi connectivity index (χ3n) is 4.39. The Morgan fingerprint density at radius 2 is 2.00 bits per heavy atom. The number of para-hydroxylation sites is 1. The smallest absolute Gasteiger partial charge is 0.338 e. The first-order chi connectivity index (χ1) is 14.1. The lowest BCUT2D eigenvalue weighted by molar-refractivity contribution is -0.139. The number of nitrogens with one attached hydrogen (secondary N) is 2. The second kappa shape index (κ2) is 9.79. The molecule has 2 N–H and O–H groups in total. The van der Waals surface area contributed by atoms with Gasteiger partial charge in [-0.2, -0.15) is 0 Å². The van der Waals surface area contributed by atoms with Crippen LogP contribution in [0.1, 0.15) is 18.7 Å². The lowest BCUT2D eigenvalue weighted by Gasteiger charge is -2.29. The molecule has 8 heteroatoms.